The summed E-state index contributed by atoms with van der Waals surface area (Å²) in [5.41, 5.74) is 2.01. The number of carbonyl (C=O) groups excluding carboxylic acids is 1. The van der Waals surface area contributed by atoms with Crippen LogP contribution in [0.4, 0.5) is 0 Å². The van der Waals surface area contributed by atoms with Crippen LogP contribution in [-0.4, -0.2) is 63.6 Å². The average molecular weight is 512 g/mol. The fraction of sp³-hybridized carbons (Fsp3) is 0.292. The minimum atomic E-state index is -3.60. The molecule has 0 bridgehead atoms. The highest BCUT2D eigenvalue weighted by molar-refractivity contribution is 8.04. The van der Waals surface area contributed by atoms with Crippen molar-refractivity contribution in [2.75, 3.05) is 19.6 Å². The van der Waals surface area contributed by atoms with E-state index < -0.39 is 10.0 Å². The Morgan fingerprint density at radius 1 is 1.11 bits per heavy atom. The van der Waals surface area contributed by atoms with Crippen LogP contribution >= 0.6 is 11.8 Å². The van der Waals surface area contributed by atoms with Gasteiger partial charge in [0.15, 0.2) is 0 Å². The van der Waals surface area contributed by atoms with Crippen LogP contribution in [0.25, 0.3) is 11.0 Å². The lowest BCUT2D eigenvalue weighted by Gasteiger charge is -2.32. The number of phenols is 1. The molecule has 1 saturated heterocycles. The van der Waals surface area contributed by atoms with Crippen molar-refractivity contribution in [2.45, 2.75) is 24.1 Å². The van der Waals surface area contributed by atoms with E-state index in [4.69, 9.17) is 0 Å². The normalized spacial score (nSPS) is 19.5. The number of aromatic nitrogens is 3. The Labute approximate surface area is 207 Å². The van der Waals surface area contributed by atoms with E-state index in [9.17, 15) is 18.3 Å². The summed E-state index contributed by atoms with van der Waals surface area (Å²) < 4.78 is 29.8. The highest BCUT2D eigenvalue weighted by atomic mass is 32.2. The number of amides is 1. The Bertz CT molecular complexity index is 1410. The maximum Gasteiger partial charge on any atom is 0.255 e. The van der Waals surface area contributed by atoms with Gasteiger partial charge < -0.3 is 10.4 Å². The predicted octanol–water partition coefficient (Wildman–Crippen LogP) is 3.05. The molecule has 11 heteroatoms. The second kappa shape index (κ2) is 9.84. The van der Waals surface area contributed by atoms with Crippen LogP contribution in [0.5, 0.6) is 5.75 Å². The number of allylic oxidation sites excluding steroid dienone is 1. The molecule has 2 aromatic carbocycles. The van der Waals surface area contributed by atoms with Crippen LogP contribution in [0.3, 0.4) is 0 Å². The number of para-hydroxylation sites is 2. The molecule has 1 aromatic heterocycles. The molecule has 3 heterocycles. The average Bonchev–Trinajstić information content (AvgIpc) is 3.32. The number of piperidine rings is 1. The first-order valence-electron chi connectivity index (χ1n) is 11.3. The third kappa shape index (κ3) is 4.84. The first kappa shape index (κ1) is 23.6. The Kier molecular flexibility index (Phi) is 6.63. The molecule has 1 amide bonds. The molecule has 0 saturated carbocycles. The number of rotatable bonds is 6. The zero-order valence-corrected chi connectivity index (χ0v) is 20.5. The van der Waals surface area contributed by atoms with Crippen molar-refractivity contribution in [3.63, 3.8) is 0 Å². The molecule has 2 N–H and O–H groups in total. The van der Waals surface area contributed by atoms with Crippen LogP contribution in [-0.2, 0) is 10.0 Å². The number of sulfonamides is 1. The van der Waals surface area contributed by atoms with Crippen molar-refractivity contribution in [2.24, 2.45) is 0 Å². The van der Waals surface area contributed by atoms with E-state index >= 15 is 0 Å². The van der Waals surface area contributed by atoms with Crippen LogP contribution in [0.2, 0.25) is 0 Å². The molecule has 35 heavy (non-hydrogen) atoms. The van der Waals surface area contributed by atoms with Gasteiger partial charge >= 0.3 is 0 Å². The number of thioether (sulfide) groups is 1. The summed E-state index contributed by atoms with van der Waals surface area (Å²) in [6.45, 7) is 1.14. The third-order valence-corrected chi connectivity index (χ3v) is 9.34. The SMILES string of the molecule is O=C(NCC1C=CC(S(=O)(=O)N2CCC(n3nnc4ccccc43)CC2)=CS1)c1ccccc1O. The number of aromatic hydroxyl groups is 1. The van der Waals surface area contributed by atoms with Crippen LogP contribution in [0.15, 0.2) is 71.0 Å². The Hall–Kier alpha value is -3.15. The lowest BCUT2D eigenvalue weighted by atomic mass is 10.1. The van der Waals surface area contributed by atoms with Crippen LogP contribution < -0.4 is 5.32 Å². The fourth-order valence-electron chi connectivity index (χ4n) is 4.29. The van der Waals surface area contributed by atoms with Crippen LogP contribution in [0, 0.1) is 0 Å². The molecule has 182 valence electrons. The van der Waals surface area contributed by atoms with E-state index in [1.54, 1.807) is 35.8 Å². The molecule has 9 nitrogen and oxygen atoms in total. The maximum atomic E-state index is 13.2. The summed E-state index contributed by atoms with van der Waals surface area (Å²) in [4.78, 5) is 12.5. The molecule has 1 fully saturated rings. The van der Waals surface area contributed by atoms with Gasteiger partial charge in [-0.3, -0.25) is 4.79 Å². The molecule has 1 unspecified atom stereocenters. The summed E-state index contributed by atoms with van der Waals surface area (Å²) >= 11 is 1.35. The van der Waals surface area contributed by atoms with Gasteiger partial charge in [-0.25, -0.2) is 13.1 Å². The van der Waals surface area contributed by atoms with Gasteiger partial charge in [-0.15, -0.1) is 16.9 Å². The van der Waals surface area contributed by atoms with Crippen molar-refractivity contribution < 1.29 is 18.3 Å². The zero-order chi connectivity index (χ0) is 24.4. The van der Waals surface area contributed by atoms with Crippen LogP contribution in [0.1, 0.15) is 29.2 Å². The Morgan fingerprint density at radius 2 is 1.86 bits per heavy atom. The molecule has 0 spiro atoms. The number of fused-ring (bicyclic) bond motifs is 1. The largest absolute Gasteiger partial charge is 0.507 e. The summed E-state index contributed by atoms with van der Waals surface area (Å²) in [6.07, 6.45) is 4.73. The second-order valence-corrected chi connectivity index (χ2v) is 11.5. The van der Waals surface area contributed by atoms with Crippen molar-refractivity contribution in [1.82, 2.24) is 24.6 Å². The van der Waals surface area contributed by atoms with Gasteiger partial charge in [-0.1, -0.05) is 35.6 Å². The maximum absolute atomic E-state index is 13.2. The summed E-state index contributed by atoms with van der Waals surface area (Å²) in [7, 11) is -3.60. The van der Waals surface area contributed by atoms with Gasteiger partial charge in [0.1, 0.15) is 11.3 Å². The van der Waals surface area contributed by atoms with Crippen molar-refractivity contribution in [3.05, 3.63) is 76.6 Å². The zero-order valence-electron chi connectivity index (χ0n) is 18.8. The van der Waals surface area contributed by atoms with Gasteiger partial charge in [0.05, 0.1) is 22.0 Å². The second-order valence-electron chi connectivity index (χ2n) is 8.44. The number of hydrogen-bond acceptors (Lipinski definition) is 7. The molecule has 1 atom stereocenters. The molecule has 5 rings (SSSR count). The first-order chi connectivity index (χ1) is 16.9. The molecule has 3 aromatic rings. The molecular weight excluding hydrogens is 486 g/mol. The predicted molar refractivity (Wildman–Crippen MR) is 135 cm³/mol. The summed E-state index contributed by atoms with van der Waals surface area (Å²) in [5.74, 6) is -0.451. The van der Waals surface area contributed by atoms with E-state index in [-0.39, 0.29) is 33.4 Å². The molecule has 2 aliphatic heterocycles. The lowest BCUT2D eigenvalue weighted by molar-refractivity contribution is 0.0952. The minimum absolute atomic E-state index is 0.0779. The molecule has 2 aliphatic rings. The molecule has 0 aliphatic carbocycles. The van der Waals surface area contributed by atoms with Crippen molar-refractivity contribution in [3.8, 4) is 5.75 Å². The fourth-order valence-corrected chi connectivity index (χ4v) is 6.92. The van der Waals surface area contributed by atoms with E-state index in [1.165, 1.54) is 22.1 Å². The Balaban J connectivity index is 1.16. The van der Waals surface area contributed by atoms with E-state index in [1.807, 2.05) is 28.9 Å². The Morgan fingerprint density at radius 3 is 2.60 bits per heavy atom. The van der Waals surface area contributed by atoms with Gasteiger partial charge in [-0.2, -0.15) is 4.31 Å². The van der Waals surface area contributed by atoms with Gasteiger partial charge in [0, 0.05) is 24.9 Å². The minimum Gasteiger partial charge on any atom is -0.507 e. The third-order valence-electron chi connectivity index (χ3n) is 6.23. The smallest absolute Gasteiger partial charge is 0.255 e. The van der Waals surface area contributed by atoms with Gasteiger partial charge in [0.25, 0.3) is 5.91 Å². The van der Waals surface area contributed by atoms with Gasteiger partial charge in [0.2, 0.25) is 10.0 Å². The molecule has 0 radical (unpaired) electrons. The number of nitrogens with zero attached hydrogens (tertiary/aromatic N) is 4. The van der Waals surface area contributed by atoms with E-state index in [2.05, 4.69) is 15.6 Å². The van der Waals surface area contributed by atoms with Crippen molar-refractivity contribution in [1.29, 1.82) is 0 Å². The quantitative estimate of drug-likeness (QED) is 0.522. The summed E-state index contributed by atoms with van der Waals surface area (Å²) in [6, 6.07) is 14.2. The number of phenolic OH excluding ortho intramolecular Hbond substituents is 1. The van der Waals surface area contributed by atoms with Crippen molar-refractivity contribution >= 4 is 38.7 Å². The first-order valence-corrected chi connectivity index (χ1v) is 13.7. The van der Waals surface area contributed by atoms with Gasteiger partial charge in [-0.05, 0) is 48.6 Å². The lowest BCUT2D eigenvalue weighted by Crippen LogP contribution is -2.39. The number of carbonyl (C=O) groups is 1. The van der Waals surface area contributed by atoms with E-state index in [0.29, 0.717) is 32.5 Å². The summed E-state index contributed by atoms with van der Waals surface area (Å²) in [5, 5.41) is 22.6. The topological polar surface area (TPSA) is 117 Å². The standard InChI is InChI=1S/C24H25N5O4S2/c30-23-8-4-1-5-20(23)24(31)25-15-18-9-10-19(16-34-18)35(32,33)28-13-11-17(12-14-28)29-22-7-3-2-6-21(22)26-27-29/h1-10,16-18,30H,11-15H2,(H,25,31). The molecular formula is C24H25N5O4S2. The number of nitrogens with one attached hydrogen (secondary N) is 1. The number of benzene rings is 2. The van der Waals surface area contributed by atoms with E-state index in [0.717, 1.165) is 11.0 Å². The highest BCUT2D eigenvalue weighted by Gasteiger charge is 2.32. The monoisotopic (exact) mass is 511 g/mol. The number of hydrogen-bond donors (Lipinski definition) is 2. The highest BCUT2D eigenvalue weighted by Crippen LogP contribution is 2.31.